The van der Waals surface area contributed by atoms with Gasteiger partial charge in [-0.2, -0.15) is 4.89 Å². The molecular formula is C14H15NO11. The number of benzene rings is 1. The Hall–Kier alpha value is -2.29. The first-order valence-electron chi connectivity index (χ1n) is 7.11. The number of amides is 3. The summed E-state index contributed by atoms with van der Waals surface area (Å²) in [7, 11) is 0. The Morgan fingerprint density at radius 2 is 1.38 bits per heavy atom. The molecule has 6 N–H and O–H groups in total. The van der Waals surface area contributed by atoms with Crippen molar-refractivity contribution in [2.45, 2.75) is 30.7 Å². The van der Waals surface area contributed by atoms with E-state index < -0.39 is 48.4 Å². The molecule has 1 aromatic rings. The van der Waals surface area contributed by atoms with Crippen LogP contribution in [0.3, 0.4) is 0 Å². The minimum atomic E-state index is -2.51. The Morgan fingerprint density at radius 3 is 1.85 bits per heavy atom. The molecule has 12 nitrogen and oxygen atoms in total. The zero-order valence-electron chi connectivity index (χ0n) is 12.9. The molecular weight excluding hydrogens is 358 g/mol. The lowest BCUT2D eigenvalue weighted by atomic mass is 10.0. The van der Waals surface area contributed by atoms with Crippen LogP contribution in [0.25, 0.3) is 0 Å². The summed E-state index contributed by atoms with van der Waals surface area (Å²) in [6.07, 6.45) is -12.0. The number of aliphatic hydroxyl groups is 5. The summed E-state index contributed by atoms with van der Waals surface area (Å²) in [6, 6.07) is 5.47. The molecule has 0 radical (unpaired) electrons. The first-order valence-corrected chi connectivity index (χ1v) is 7.11. The van der Waals surface area contributed by atoms with Gasteiger partial charge in [-0.05, 0) is 12.1 Å². The predicted molar refractivity (Wildman–Crippen MR) is 76.8 cm³/mol. The summed E-state index contributed by atoms with van der Waals surface area (Å²) in [5.74, 6) is -3.62. The number of hydrogen-bond donors (Lipinski definition) is 6. The second kappa shape index (κ2) is 7.94. The monoisotopic (exact) mass is 373 g/mol. The van der Waals surface area contributed by atoms with Gasteiger partial charge >= 0.3 is 0 Å². The van der Waals surface area contributed by atoms with Crippen molar-refractivity contribution in [2.75, 3.05) is 0 Å². The summed E-state index contributed by atoms with van der Waals surface area (Å²) in [6.45, 7) is 0. The number of hydrogen-bond acceptors (Lipinski definition) is 11. The van der Waals surface area contributed by atoms with E-state index in [9.17, 15) is 34.8 Å². The fraction of sp³-hybridized carbons (Fsp3) is 0.357. The highest BCUT2D eigenvalue weighted by molar-refractivity contribution is 6.29. The second-order valence-electron chi connectivity index (χ2n) is 5.31. The molecule has 3 amide bonds. The largest absolute Gasteiger partial charge is 0.387 e. The maximum absolute atomic E-state index is 12.2. The van der Waals surface area contributed by atoms with Crippen LogP contribution in [0.5, 0.6) is 0 Å². The average Bonchev–Trinajstić information content (AvgIpc) is 2.90. The molecule has 0 spiro atoms. The number of rotatable bonds is 7. The number of aliphatic hydroxyl groups excluding tert-OH is 5. The lowest BCUT2D eigenvalue weighted by Crippen LogP contribution is -2.55. The van der Waals surface area contributed by atoms with Crippen LogP contribution in [0, 0.1) is 0 Å². The summed E-state index contributed by atoms with van der Waals surface area (Å²) >= 11 is 0. The molecule has 0 saturated heterocycles. The van der Waals surface area contributed by atoms with E-state index in [0.717, 1.165) is 0 Å². The zero-order valence-corrected chi connectivity index (χ0v) is 12.9. The van der Waals surface area contributed by atoms with Crippen LogP contribution in [0.2, 0.25) is 0 Å². The van der Waals surface area contributed by atoms with Gasteiger partial charge in [-0.1, -0.05) is 17.2 Å². The average molecular weight is 373 g/mol. The summed E-state index contributed by atoms with van der Waals surface area (Å²) in [4.78, 5) is 40.3. The Bertz CT molecular complexity index is 673. The summed E-state index contributed by atoms with van der Waals surface area (Å²) < 4.78 is 0. The van der Waals surface area contributed by atoms with Crippen LogP contribution < -0.4 is 0 Å². The minimum Gasteiger partial charge on any atom is -0.387 e. The van der Waals surface area contributed by atoms with Crippen LogP contribution in [-0.4, -0.2) is 84.1 Å². The molecule has 5 unspecified atom stereocenters. The third kappa shape index (κ3) is 3.48. The van der Waals surface area contributed by atoms with Gasteiger partial charge in [-0.3, -0.25) is 14.4 Å². The number of imide groups is 3. The van der Waals surface area contributed by atoms with Gasteiger partial charge in [0.25, 0.3) is 17.7 Å². The van der Waals surface area contributed by atoms with E-state index in [0.29, 0.717) is 0 Å². The molecule has 142 valence electrons. The van der Waals surface area contributed by atoms with Gasteiger partial charge in [0.15, 0.2) is 6.10 Å². The van der Waals surface area contributed by atoms with Gasteiger partial charge in [0.05, 0.1) is 11.1 Å². The first-order chi connectivity index (χ1) is 12.2. The van der Waals surface area contributed by atoms with Gasteiger partial charge in [0.1, 0.15) is 18.3 Å². The molecule has 1 aliphatic heterocycles. The van der Waals surface area contributed by atoms with Gasteiger partial charge in [-0.25, -0.2) is 10.2 Å². The van der Waals surface area contributed by atoms with Crippen molar-refractivity contribution < 1.29 is 55.1 Å². The van der Waals surface area contributed by atoms with Crippen LogP contribution in [0.4, 0.5) is 0 Å². The van der Waals surface area contributed by atoms with Crippen molar-refractivity contribution in [3.8, 4) is 0 Å². The Balaban J connectivity index is 2.14. The fourth-order valence-corrected chi connectivity index (χ4v) is 2.33. The fourth-order valence-electron chi connectivity index (χ4n) is 2.33. The lowest BCUT2D eigenvalue weighted by molar-refractivity contribution is -0.535. The van der Waals surface area contributed by atoms with E-state index in [1.54, 1.807) is 0 Å². The van der Waals surface area contributed by atoms with Crippen molar-refractivity contribution >= 4 is 17.7 Å². The number of fused-ring (bicyclic) bond motifs is 1. The summed E-state index contributed by atoms with van der Waals surface area (Å²) in [5, 5.41) is 59.0. The molecule has 12 heteroatoms. The second-order valence-corrected chi connectivity index (χ2v) is 5.31. The van der Waals surface area contributed by atoms with E-state index in [-0.39, 0.29) is 16.0 Å². The topological polar surface area (TPSA) is 194 Å². The molecule has 2 rings (SSSR count). The van der Waals surface area contributed by atoms with E-state index >= 15 is 0 Å². The Labute approximate surface area is 144 Å². The molecule has 0 aliphatic carbocycles. The lowest BCUT2D eigenvalue weighted by Gasteiger charge is -2.28. The van der Waals surface area contributed by atoms with Crippen LogP contribution >= 0.6 is 0 Å². The van der Waals surface area contributed by atoms with Gasteiger partial charge < -0.3 is 25.5 Å². The highest BCUT2D eigenvalue weighted by Crippen LogP contribution is 2.24. The standard InChI is InChI=1S/C14H15NO11/c16-7(8(17)10(19)14(23)25-26-24)9(18)13(22)15-11(20)5-3-1-2-4-6(5)12(15)21/h1-4,7-10,14,16-19,23-24H. The molecule has 0 aromatic heterocycles. The van der Waals surface area contributed by atoms with Crippen molar-refractivity contribution in [2.24, 2.45) is 0 Å². The molecule has 0 fully saturated rings. The predicted octanol–water partition coefficient (Wildman–Crippen LogP) is -3.01. The van der Waals surface area contributed by atoms with E-state index in [1.165, 1.54) is 24.3 Å². The molecule has 5 atom stereocenters. The minimum absolute atomic E-state index is 0.0847. The molecule has 0 bridgehead atoms. The van der Waals surface area contributed by atoms with E-state index in [2.05, 4.69) is 9.93 Å². The Kier molecular flexibility index (Phi) is 6.12. The number of carbonyl (C=O) groups excluding carboxylic acids is 3. The number of carbonyl (C=O) groups is 3. The highest BCUT2D eigenvalue weighted by Gasteiger charge is 2.46. The molecule has 1 heterocycles. The number of nitrogens with zero attached hydrogens (tertiary/aromatic N) is 1. The van der Waals surface area contributed by atoms with Gasteiger partial charge in [-0.15, -0.1) is 0 Å². The van der Waals surface area contributed by atoms with Crippen molar-refractivity contribution in [1.82, 2.24) is 4.90 Å². The van der Waals surface area contributed by atoms with Crippen LogP contribution in [-0.2, 0) is 14.7 Å². The maximum atomic E-state index is 12.2. The zero-order chi connectivity index (χ0) is 19.6. The van der Waals surface area contributed by atoms with Crippen molar-refractivity contribution in [3.05, 3.63) is 35.4 Å². The van der Waals surface area contributed by atoms with Crippen LogP contribution in [0.1, 0.15) is 20.7 Å². The van der Waals surface area contributed by atoms with Gasteiger partial charge in [0, 0.05) is 0 Å². The highest BCUT2D eigenvalue weighted by atomic mass is 17.5. The molecule has 1 aliphatic rings. The first kappa shape index (κ1) is 20.0. The summed E-state index contributed by atoms with van der Waals surface area (Å²) in [5.41, 5.74) is -0.172. The Morgan fingerprint density at radius 1 is 0.885 bits per heavy atom. The van der Waals surface area contributed by atoms with Gasteiger partial charge in [0.2, 0.25) is 6.29 Å². The third-order valence-electron chi connectivity index (χ3n) is 3.72. The third-order valence-corrected chi connectivity index (χ3v) is 3.72. The van der Waals surface area contributed by atoms with Crippen LogP contribution in [0.15, 0.2) is 24.3 Å². The maximum Gasteiger partial charge on any atom is 0.268 e. The molecule has 26 heavy (non-hydrogen) atoms. The normalized spacial score (nSPS) is 19.7. The van der Waals surface area contributed by atoms with E-state index in [1.807, 2.05) is 0 Å². The molecule has 1 aromatic carbocycles. The molecule has 0 saturated carbocycles. The quantitative estimate of drug-likeness (QED) is 0.123. The smallest absolute Gasteiger partial charge is 0.268 e. The van der Waals surface area contributed by atoms with Crippen molar-refractivity contribution in [3.63, 3.8) is 0 Å². The van der Waals surface area contributed by atoms with Crippen molar-refractivity contribution in [1.29, 1.82) is 0 Å². The SMILES string of the molecule is O=C1c2ccccc2C(=O)N1C(=O)C(O)C(O)C(O)C(O)C(O)OOO. The van der Waals surface area contributed by atoms with E-state index in [4.69, 9.17) is 10.4 Å².